The number of aliphatic hydroxyl groups is 1. The van der Waals surface area contributed by atoms with Crippen molar-refractivity contribution in [3.63, 3.8) is 0 Å². The summed E-state index contributed by atoms with van der Waals surface area (Å²) in [5.74, 6) is 0. The Morgan fingerprint density at radius 2 is 1.96 bits per heavy atom. The number of aliphatic hydroxyl groups excluding tert-OH is 1. The van der Waals surface area contributed by atoms with E-state index >= 15 is 0 Å². The second-order valence-electron chi connectivity index (χ2n) is 7.62. The van der Waals surface area contributed by atoms with Gasteiger partial charge in [0.15, 0.2) is 0 Å². The molecule has 1 aromatic heterocycles. The van der Waals surface area contributed by atoms with Crippen LogP contribution in [-0.4, -0.2) is 39.5 Å². The number of halogens is 1. The lowest BCUT2D eigenvalue weighted by Gasteiger charge is -2.41. The number of hydrogen-bond acceptors (Lipinski definition) is 3. The van der Waals surface area contributed by atoms with Crippen molar-refractivity contribution in [2.75, 3.05) is 19.7 Å². The quantitative estimate of drug-likeness (QED) is 0.847. The molecule has 0 radical (unpaired) electrons. The minimum Gasteiger partial charge on any atom is -0.396 e. The molecule has 1 aliphatic heterocycles. The molecule has 136 valence electrons. The Hall–Kier alpha value is -1.36. The second kappa shape index (κ2) is 7.90. The molecular formula is C20H28ClN3O. The fraction of sp³-hybridized carbons (Fsp3) is 0.550. The van der Waals surface area contributed by atoms with E-state index in [2.05, 4.69) is 36.1 Å². The smallest absolute Gasteiger partial charge is 0.0534 e. The molecule has 1 aliphatic rings. The molecule has 0 spiro atoms. The van der Waals surface area contributed by atoms with Gasteiger partial charge in [-0.3, -0.25) is 9.58 Å². The first kappa shape index (κ1) is 18.4. The standard InChI is InChI=1S/C20H28ClN3O/c1-16(2)24-14-17(12-22-24)13-23-9-7-20(15-25,8-10-23)11-18-5-3-4-6-19(18)21/h3-6,12,14,16,25H,7-11,13,15H2,1-2H3. The average molecular weight is 362 g/mol. The maximum absolute atomic E-state index is 10.1. The third kappa shape index (κ3) is 4.43. The molecule has 2 heterocycles. The number of rotatable bonds is 6. The van der Waals surface area contributed by atoms with Crippen LogP contribution in [0.1, 0.15) is 43.9 Å². The van der Waals surface area contributed by atoms with Gasteiger partial charge in [-0.05, 0) is 63.2 Å². The summed E-state index contributed by atoms with van der Waals surface area (Å²) in [6.07, 6.45) is 6.95. The molecule has 3 rings (SSSR count). The first-order valence-corrected chi connectivity index (χ1v) is 9.49. The van der Waals surface area contributed by atoms with Gasteiger partial charge in [0.2, 0.25) is 0 Å². The van der Waals surface area contributed by atoms with E-state index in [1.54, 1.807) is 0 Å². The fourth-order valence-electron chi connectivity index (χ4n) is 3.62. The van der Waals surface area contributed by atoms with Crippen LogP contribution in [0.2, 0.25) is 5.02 Å². The number of benzene rings is 1. The highest BCUT2D eigenvalue weighted by Gasteiger charge is 2.34. The van der Waals surface area contributed by atoms with Crippen molar-refractivity contribution in [2.24, 2.45) is 5.41 Å². The van der Waals surface area contributed by atoms with Crippen molar-refractivity contribution in [1.29, 1.82) is 0 Å². The molecule has 5 heteroatoms. The van der Waals surface area contributed by atoms with E-state index in [4.69, 9.17) is 11.6 Å². The normalized spacial score (nSPS) is 18.0. The summed E-state index contributed by atoms with van der Waals surface area (Å²) in [6.45, 7) is 7.43. The summed E-state index contributed by atoms with van der Waals surface area (Å²) in [5, 5.41) is 15.3. The third-order valence-corrected chi connectivity index (χ3v) is 5.73. The Bertz CT molecular complexity index is 690. The van der Waals surface area contributed by atoms with Crippen LogP contribution in [0.3, 0.4) is 0 Å². The average Bonchev–Trinajstić information content (AvgIpc) is 3.08. The Balaban J connectivity index is 1.60. The minimum atomic E-state index is -0.0520. The molecule has 0 atom stereocenters. The Morgan fingerprint density at radius 3 is 2.56 bits per heavy atom. The molecule has 0 bridgehead atoms. The molecule has 1 saturated heterocycles. The summed E-state index contributed by atoms with van der Waals surface area (Å²) >= 11 is 6.32. The predicted molar refractivity (Wildman–Crippen MR) is 102 cm³/mol. The van der Waals surface area contributed by atoms with Crippen LogP contribution < -0.4 is 0 Å². The highest BCUT2D eigenvalue weighted by atomic mass is 35.5. The van der Waals surface area contributed by atoms with E-state index in [0.717, 1.165) is 49.5 Å². The van der Waals surface area contributed by atoms with Crippen molar-refractivity contribution in [3.05, 3.63) is 52.8 Å². The maximum Gasteiger partial charge on any atom is 0.0534 e. The number of nitrogens with zero attached hydrogens (tertiary/aromatic N) is 3. The van der Waals surface area contributed by atoms with E-state index in [9.17, 15) is 5.11 Å². The molecule has 0 saturated carbocycles. The van der Waals surface area contributed by atoms with Gasteiger partial charge in [-0.2, -0.15) is 5.10 Å². The van der Waals surface area contributed by atoms with Crippen LogP contribution in [0.4, 0.5) is 0 Å². The van der Waals surface area contributed by atoms with Crippen LogP contribution in [-0.2, 0) is 13.0 Å². The van der Waals surface area contributed by atoms with E-state index in [1.807, 2.05) is 29.1 Å². The molecule has 1 fully saturated rings. The zero-order valence-electron chi connectivity index (χ0n) is 15.2. The summed E-state index contributed by atoms with van der Waals surface area (Å²) in [7, 11) is 0. The highest BCUT2D eigenvalue weighted by molar-refractivity contribution is 6.31. The largest absolute Gasteiger partial charge is 0.396 e. The molecule has 0 aliphatic carbocycles. The summed E-state index contributed by atoms with van der Waals surface area (Å²) in [5.41, 5.74) is 2.35. The van der Waals surface area contributed by atoms with E-state index in [-0.39, 0.29) is 12.0 Å². The van der Waals surface area contributed by atoms with E-state index in [1.165, 1.54) is 5.56 Å². The maximum atomic E-state index is 10.1. The molecule has 2 aromatic rings. The van der Waals surface area contributed by atoms with Gasteiger partial charge in [-0.25, -0.2) is 0 Å². The SMILES string of the molecule is CC(C)n1cc(CN2CCC(CO)(Cc3ccccc3Cl)CC2)cn1. The topological polar surface area (TPSA) is 41.3 Å². The van der Waals surface area contributed by atoms with Crippen LogP contribution in [0.15, 0.2) is 36.7 Å². The lowest BCUT2D eigenvalue weighted by molar-refractivity contribution is 0.0414. The van der Waals surface area contributed by atoms with Gasteiger partial charge in [0.25, 0.3) is 0 Å². The predicted octanol–water partition coefficient (Wildman–Crippen LogP) is 3.93. The van der Waals surface area contributed by atoms with Gasteiger partial charge in [0, 0.05) is 36.0 Å². The molecule has 25 heavy (non-hydrogen) atoms. The number of likely N-dealkylation sites (tertiary alicyclic amines) is 1. The van der Waals surface area contributed by atoms with Crippen LogP contribution in [0, 0.1) is 5.41 Å². The van der Waals surface area contributed by atoms with E-state index in [0.29, 0.717) is 6.04 Å². The molecule has 1 aromatic carbocycles. The molecule has 4 nitrogen and oxygen atoms in total. The first-order valence-electron chi connectivity index (χ1n) is 9.11. The van der Waals surface area contributed by atoms with Crippen molar-refractivity contribution in [3.8, 4) is 0 Å². The van der Waals surface area contributed by atoms with Gasteiger partial charge in [0.05, 0.1) is 6.20 Å². The van der Waals surface area contributed by atoms with Gasteiger partial charge < -0.3 is 5.11 Å². The van der Waals surface area contributed by atoms with Crippen LogP contribution >= 0.6 is 11.6 Å². The monoisotopic (exact) mass is 361 g/mol. The lowest BCUT2D eigenvalue weighted by atomic mass is 9.74. The zero-order valence-corrected chi connectivity index (χ0v) is 15.9. The first-order chi connectivity index (χ1) is 12.0. The number of hydrogen-bond donors (Lipinski definition) is 1. The lowest BCUT2D eigenvalue weighted by Crippen LogP contribution is -2.42. The van der Waals surface area contributed by atoms with Crippen LogP contribution in [0.5, 0.6) is 0 Å². The van der Waals surface area contributed by atoms with Crippen molar-refractivity contribution < 1.29 is 5.11 Å². The van der Waals surface area contributed by atoms with Gasteiger partial charge in [0.1, 0.15) is 0 Å². The molecule has 0 amide bonds. The van der Waals surface area contributed by atoms with E-state index < -0.39 is 0 Å². The van der Waals surface area contributed by atoms with Crippen molar-refractivity contribution >= 4 is 11.6 Å². The third-order valence-electron chi connectivity index (χ3n) is 5.37. The van der Waals surface area contributed by atoms with Crippen molar-refractivity contribution in [2.45, 2.75) is 45.7 Å². The minimum absolute atomic E-state index is 0.0520. The van der Waals surface area contributed by atoms with Crippen LogP contribution in [0.25, 0.3) is 0 Å². The Labute approximate surface area is 155 Å². The molecule has 0 unspecified atom stereocenters. The Morgan fingerprint density at radius 1 is 1.24 bits per heavy atom. The second-order valence-corrected chi connectivity index (χ2v) is 8.03. The zero-order chi connectivity index (χ0) is 17.9. The van der Waals surface area contributed by atoms with Gasteiger partial charge >= 0.3 is 0 Å². The van der Waals surface area contributed by atoms with Gasteiger partial charge in [-0.15, -0.1) is 0 Å². The molecule has 1 N–H and O–H groups in total. The fourth-order valence-corrected chi connectivity index (χ4v) is 3.82. The summed E-state index contributed by atoms with van der Waals surface area (Å²) in [6, 6.07) is 8.38. The number of piperidine rings is 1. The number of aromatic nitrogens is 2. The summed E-state index contributed by atoms with van der Waals surface area (Å²) < 4.78 is 2.01. The Kier molecular flexibility index (Phi) is 5.82. The summed E-state index contributed by atoms with van der Waals surface area (Å²) in [4.78, 5) is 2.46. The molecular weight excluding hydrogens is 334 g/mol. The van der Waals surface area contributed by atoms with Crippen molar-refractivity contribution in [1.82, 2.24) is 14.7 Å². The highest BCUT2D eigenvalue weighted by Crippen LogP contribution is 2.36. The van der Waals surface area contributed by atoms with Gasteiger partial charge in [-0.1, -0.05) is 29.8 Å².